The highest BCUT2D eigenvalue weighted by molar-refractivity contribution is 7.16. The number of thiazole rings is 1. The second-order valence-electron chi connectivity index (χ2n) is 3.43. The molecule has 0 fully saturated rings. The van der Waals surface area contributed by atoms with E-state index in [0.29, 0.717) is 5.69 Å². The highest BCUT2D eigenvalue weighted by Gasteiger charge is 2.15. The summed E-state index contributed by atoms with van der Waals surface area (Å²) >= 11 is 3.20. The van der Waals surface area contributed by atoms with Crippen LogP contribution in [0.2, 0.25) is 0 Å². The number of carbonyl (C=O) groups excluding carboxylic acids is 1. The van der Waals surface area contributed by atoms with Crippen molar-refractivity contribution in [1.29, 1.82) is 0 Å². The number of hydrogen-bond donors (Lipinski definition) is 0. The summed E-state index contributed by atoms with van der Waals surface area (Å²) in [5.74, 6) is 0. The van der Waals surface area contributed by atoms with Gasteiger partial charge in [-0.15, -0.1) is 22.7 Å². The number of imidazole rings is 1. The Morgan fingerprint density at radius 2 is 2.31 bits per heavy atom. The monoisotopic (exact) mass is 248 g/mol. The third kappa shape index (κ3) is 1.32. The van der Waals surface area contributed by atoms with Gasteiger partial charge >= 0.3 is 0 Å². The van der Waals surface area contributed by atoms with E-state index in [0.717, 1.165) is 21.8 Å². The average molecular weight is 248 g/mol. The van der Waals surface area contributed by atoms with E-state index >= 15 is 0 Å². The van der Waals surface area contributed by atoms with Crippen LogP contribution in [0.15, 0.2) is 23.7 Å². The van der Waals surface area contributed by atoms with Gasteiger partial charge in [0.05, 0.1) is 4.88 Å². The maximum absolute atomic E-state index is 11.1. The van der Waals surface area contributed by atoms with E-state index in [1.54, 1.807) is 11.3 Å². The quantitative estimate of drug-likeness (QED) is 0.652. The zero-order valence-electron chi connectivity index (χ0n) is 8.51. The molecular formula is C11H8N2OS2. The van der Waals surface area contributed by atoms with Crippen LogP contribution in [-0.4, -0.2) is 15.7 Å². The molecule has 0 aromatic carbocycles. The lowest BCUT2D eigenvalue weighted by Crippen LogP contribution is -1.88. The van der Waals surface area contributed by atoms with E-state index in [4.69, 9.17) is 0 Å². The SMILES string of the molecule is Cc1ccc(-c2nc3sccn3c2C=O)s1. The summed E-state index contributed by atoms with van der Waals surface area (Å²) in [6.07, 6.45) is 2.75. The molecule has 0 aliphatic heterocycles. The number of hydrogen-bond acceptors (Lipinski definition) is 4. The standard InChI is InChI=1S/C11H8N2OS2/c1-7-2-3-9(16-7)10-8(6-14)13-4-5-15-11(13)12-10/h2-6H,1H3. The topological polar surface area (TPSA) is 34.4 Å². The number of aromatic nitrogens is 2. The van der Waals surface area contributed by atoms with Gasteiger partial charge in [0.2, 0.25) is 0 Å². The molecule has 3 rings (SSSR count). The fourth-order valence-corrected chi connectivity index (χ4v) is 3.25. The van der Waals surface area contributed by atoms with Gasteiger partial charge in [-0.05, 0) is 19.1 Å². The molecule has 3 aromatic rings. The highest BCUT2D eigenvalue weighted by atomic mass is 32.1. The van der Waals surface area contributed by atoms with Crippen LogP contribution in [-0.2, 0) is 0 Å². The number of carbonyl (C=O) groups is 1. The Morgan fingerprint density at radius 3 is 3.00 bits per heavy atom. The third-order valence-electron chi connectivity index (χ3n) is 2.38. The molecule has 0 amide bonds. The molecular weight excluding hydrogens is 240 g/mol. The first-order valence-electron chi connectivity index (χ1n) is 4.77. The number of nitrogens with zero attached hydrogens (tertiary/aromatic N) is 2. The van der Waals surface area contributed by atoms with Crippen molar-refractivity contribution >= 4 is 33.9 Å². The predicted molar refractivity (Wildman–Crippen MR) is 66.5 cm³/mol. The van der Waals surface area contributed by atoms with Crippen molar-refractivity contribution in [1.82, 2.24) is 9.38 Å². The summed E-state index contributed by atoms with van der Waals surface area (Å²) in [5.41, 5.74) is 1.43. The van der Waals surface area contributed by atoms with Crippen LogP contribution in [0.5, 0.6) is 0 Å². The molecule has 0 saturated carbocycles. The molecule has 3 heterocycles. The van der Waals surface area contributed by atoms with Crippen LogP contribution in [0.4, 0.5) is 0 Å². The van der Waals surface area contributed by atoms with Gasteiger partial charge < -0.3 is 0 Å². The van der Waals surface area contributed by atoms with Gasteiger partial charge in [0, 0.05) is 16.5 Å². The minimum atomic E-state index is 0.637. The molecule has 0 radical (unpaired) electrons. The first-order chi connectivity index (χ1) is 7.79. The fraction of sp³-hybridized carbons (Fsp3) is 0.0909. The van der Waals surface area contributed by atoms with Gasteiger partial charge in [0.1, 0.15) is 11.4 Å². The minimum Gasteiger partial charge on any atom is -0.296 e. The largest absolute Gasteiger partial charge is 0.296 e. The van der Waals surface area contributed by atoms with Crippen molar-refractivity contribution in [3.8, 4) is 10.6 Å². The molecule has 16 heavy (non-hydrogen) atoms. The Morgan fingerprint density at radius 1 is 1.44 bits per heavy atom. The molecule has 0 aliphatic rings. The summed E-state index contributed by atoms with van der Waals surface area (Å²) in [7, 11) is 0. The summed E-state index contributed by atoms with van der Waals surface area (Å²) < 4.78 is 1.84. The van der Waals surface area contributed by atoms with Crippen LogP contribution in [0.3, 0.4) is 0 Å². The number of aldehydes is 1. The molecule has 3 aromatic heterocycles. The van der Waals surface area contributed by atoms with Crippen molar-refractivity contribution in [2.45, 2.75) is 6.92 Å². The van der Waals surface area contributed by atoms with Crippen LogP contribution < -0.4 is 0 Å². The Hall–Kier alpha value is -1.46. The van der Waals surface area contributed by atoms with E-state index in [-0.39, 0.29) is 0 Å². The molecule has 0 bridgehead atoms. The molecule has 0 unspecified atom stereocenters. The summed E-state index contributed by atoms with van der Waals surface area (Å²) in [4.78, 5) is 18.8. The van der Waals surface area contributed by atoms with E-state index in [9.17, 15) is 4.79 Å². The van der Waals surface area contributed by atoms with Gasteiger partial charge in [0.15, 0.2) is 11.2 Å². The maximum Gasteiger partial charge on any atom is 0.194 e. The number of fused-ring (bicyclic) bond motifs is 1. The summed E-state index contributed by atoms with van der Waals surface area (Å²) in [6, 6.07) is 4.06. The van der Waals surface area contributed by atoms with E-state index in [1.165, 1.54) is 16.2 Å². The Kier molecular flexibility index (Phi) is 2.15. The number of aryl methyl sites for hydroxylation is 1. The predicted octanol–water partition coefficient (Wildman–Crippen LogP) is 3.25. The molecule has 0 N–H and O–H groups in total. The number of rotatable bonds is 2. The lowest BCUT2D eigenvalue weighted by atomic mass is 10.3. The lowest BCUT2D eigenvalue weighted by molar-refractivity contribution is 0.111. The van der Waals surface area contributed by atoms with Crippen molar-refractivity contribution in [3.63, 3.8) is 0 Å². The average Bonchev–Trinajstić information content (AvgIpc) is 2.90. The fourth-order valence-electron chi connectivity index (χ4n) is 1.66. The smallest absolute Gasteiger partial charge is 0.194 e. The Labute approximate surface area is 100.0 Å². The minimum absolute atomic E-state index is 0.637. The van der Waals surface area contributed by atoms with Crippen molar-refractivity contribution in [3.05, 3.63) is 34.3 Å². The summed E-state index contributed by atoms with van der Waals surface area (Å²) in [6.45, 7) is 2.05. The second-order valence-corrected chi connectivity index (χ2v) is 5.59. The molecule has 5 heteroatoms. The molecule has 80 valence electrons. The first-order valence-corrected chi connectivity index (χ1v) is 6.47. The number of thiophene rings is 1. The maximum atomic E-state index is 11.1. The Bertz CT molecular complexity index is 662. The van der Waals surface area contributed by atoms with Crippen molar-refractivity contribution < 1.29 is 4.79 Å². The van der Waals surface area contributed by atoms with Gasteiger partial charge in [-0.2, -0.15) is 0 Å². The highest BCUT2D eigenvalue weighted by Crippen LogP contribution is 2.30. The van der Waals surface area contributed by atoms with Crippen LogP contribution >= 0.6 is 22.7 Å². The first kappa shape index (κ1) is 9.74. The molecule has 3 nitrogen and oxygen atoms in total. The van der Waals surface area contributed by atoms with Gasteiger partial charge in [-0.1, -0.05) is 0 Å². The van der Waals surface area contributed by atoms with E-state index < -0.39 is 0 Å². The normalized spacial score (nSPS) is 11.1. The Balaban J connectivity index is 2.30. The molecule has 0 atom stereocenters. The van der Waals surface area contributed by atoms with E-state index in [2.05, 4.69) is 4.98 Å². The second kappa shape index (κ2) is 3.54. The zero-order chi connectivity index (χ0) is 11.1. The molecule has 0 aliphatic carbocycles. The van der Waals surface area contributed by atoms with Gasteiger partial charge in [0.25, 0.3) is 0 Å². The van der Waals surface area contributed by atoms with Crippen LogP contribution in [0, 0.1) is 6.92 Å². The molecule has 0 saturated heterocycles. The summed E-state index contributed by atoms with van der Waals surface area (Å²) in [5, 5.41) is 1.93. The lowest BCUT2D eigenvalue weighted by Gasteiger charge is -1.92. The van der Waals surface area contributed by atoms with Crippen LogP contribution in [0.25, 0.3) is 15.5 Å². The van der Waals surface area contributed by atoms with Gasteiger partial charge in [-0.3, -0.25) is 9.20 Å². The zero-order valence-corrected chi connectivity index (χ0v) is 10.1. The third-order valence-corrected chi connectivity index (χ3v) is 4.15. The van der Waals surface area contributed by atoms with Gasteiger partial charge in [-0.25, -0.2) is 4.98 Å². The van der Waals surface area contributed by atoms with Crippen molar-refractivity contribution in [2.75, 3.05) is 0 Å². The van der Waals surface area contributed by atoms with Crippen LogP contribution in [0.1, 0.15) is 15.4 Å². The van der Waals surface area contributed by atoms with Crippen molar-refractivity contribution in [2.24, 2.45) is 0 Å². The van der Waals surface area contributed by atoms with E-state index in [1.807, 2.05) is 35.0 Å². The molecule has 0 spiro atoms.